The van der Waals surface area contributed by atoms with E-state index in [1.165, 1.54) is 148 Å². The van der Waals surface area contributed by atoms with Crippen molar-refractivity contribution in [1.82, 2.24) is 0 Å². The van der Waals surface area contributed by atoms with E-state index in [2.05, 4.69) is 130 Å². The molecule has 0 aromatic carbocycles. The van der Waals surface area contributed by atoms with Crippen molar-refractivity contribution in [1.29, 1.82) is 0 Å². The highest BCUT2D eigenvalue weighted by Gasteiger charge is 2.19. The summed E-state index contributed by atoms with van der Waals surface area (Å²) >= 11 is 0. The third-order valence-electron chi connectivity index (χ3n) is 12.7. The highest BCUT2D eigenvalue weighted by Crippen LogP contribution is 2.15. The number of hydrogen-bond acceptors (Lipinski definition) is 6. The quantitative estimate of drug-likeness (QED) is 0.0261. The molecule has 0 saturated carbocycles. The van der Waals surface area contributed by atoms with Crippen LogP contribution in [0.5, 0.6) is 0 Å². The SMILES string of the molecule is CC/C=C\C/C=C\C/C=C\C/C=C\C/C=C\CCCC(=O)OC[C@H](COC(=O)CCCCCCCCCCCCC/C=C\CCCCCCCC)OC(=O)CCC/C=C\C/C=C\C/C=C\CCCCCCCC. The fourth-order valence-corrected chi connectivity index (χ4v) is 8.20. The standard InChI is InChI=1S/C67H112O6/c1-4-7-10-13-16-19-22-25-28-31-32-33-34-37-39-42-45-48-51-54-57-60-66(69)72-63-64(73-67(70)61-58-55-52-49-46-43-40-36-30-27-24-21-18-15-12-9-6-3)62-71-65(68)59-56-53-50-47-44-41-38-35-29-26-23-20-17-14-11-8-5-2/h8,11,17,20,25-30,38,40-41,43,47,49-50,52,64H,4-7,9-10,12-16,18-19,21-24,31-37,39,42,44-46,48,51,53-63H2,1-3H3/b11-8-,20-17-,28-25-,29-26-,30-27-,41-38-,43-40-,50-47-,52-49-/t64-/m1/s1. The van der Waals surface area contributed by atoms with Crippen LogP contribution in [-0.2, 0) is 28.6 Å². The maximum atomic E-state index is 12.9. The summed E-state index contributed by atoms with van der Waals surface area (Å²) in [6, 6.07) is 0. The van der Waals surface area contributed by atoms with Crippen LogP contribution in [-0.4, -0.2) is 37.2 Å². The van der Waals surface area contributed by atoms with Crippen LogP contribution in [0.15, 0.2) is 109 Å². The summed E-state index contributed by atoms with van der Waals surface area (Å²) in [5, 5.41) is 0. The molecule has 0 N–H and O–H groups in total. The van der Waals surface area contributed by atoms with Crippen LogP contribution in [0.3, 0.4) is 0 Å². The third kappa shape index (κ3) is 58.8. The van der Waals surface area contributed by atoms with Crippen molar-refractivity contribution in [2.24, 2.45) is 0 Å². The molecule has 0 unspecified atom stereocenters. The molecule has 73 heavy (non-hydrogen) atoms. The summed E-state index contributed by atoms with van der Waals surface area (Å²) in [6.07, 6.45) is 82.4. The van der Waals surface area contributed by atoms with Crippen LogP contribution in [0, 0.1) is 0 Å². The summed E-state index contributed by atoms with van der Waals surface area (Å²) in [5.74, 6) is -1.03. The number of hydrogen-bond donors (Lipinski definition) is 0. The molecule has 416 valence electrons. The van der Waals surface area contributed by atoms with E-state index < -0.39 is 6.10 Å². The van der Waals surface area contributed by atoms with Crippen LogP contribution in [0.2, 0.25) is 0 Å². The summed E-state index contributed by atoms with van der Waals surface area (Å²) in [6.45, 7) is 6.44. The van der Waals surface area contributed by atoms with E-state index in [1.54, 1.807) is 0 Å². The monoisotopic (exact) mass is 1010 g/mol. The van der Waals surface area contributed by atoms with Gasteiger partial charge in [-0.05, 0) is 116 Å². The zero-order chi connectivity index (χ0) is 52.9. The van der Waals surface area contributed by atoms with Gasteiger partial charge in [0, 0.05) is 19.3 Å². The Morgan fingerprint density at radius 3 is 0.904 bits per heavy atom. The molecule has 0 rings (SSSR count). The number of unbranched alkanes of at least 4 members (excludes halogenated alkanes) is 25. The van der Waals surface area contributed by atoms with E-state index in [9.17, 15) is 14.4 Å². The van der Waals surface area contributed by atoms with Gasteiger partial charge >= 0.3 is 17.9 Å². The van der Waals surface area contributed by atoms with Crippen molar-refractivity contribution in [2.45, 2.75) is 284 Å². The van der Waals surface area contributed by atoms with Crippen LogP contribution in [0.1, 0.15) is 278 Å². The van der Waals surface area contributed by atoms with E-state index in [0.29, 0.717) is 19.3 Å². The Kier molecular flexibility index (Phi) is 57.4. The number of carbonyl (C=O) groups is 3. The summed E-state index contributed by atoms with van der Waals surface area (Å²) in [5.41, 5.74) is 0. The molecule has 1 atom stereocenters. The van der Waals surface area contributed by atoms with Crippen molar-refractivity contribution >= 4 is 17.9 Å². The topological polar surface area (TPSA) is 78.9 Å². The second-order valence-electron chi connectivity index (χ2n) is 19.9. The molecule has 0 heterocycles. The van der Waals surface area contributed by atoms with E-state index in [1.807, 2.05) is 0 Å². The smallest absolute Gasteiger partial charge is 0.306 e. The summed E-state index contributed by atoms with van der Waals surface area (Å²) in [7, 11) is 0. The Morgan fingerprint density at radius 1 is 0.288 bits per heavy atom. The molecule has 0 aromatic heterocycles. The minimum Gasteiger partial charge on any atom is -0.462 e. The van der Waals surface area contributed by atoms with Crippen LogP contribution in [0.4, 0.5) is 0 Å². The lowest BCUT2D eigenvalue weighted by atomic mass is 10.0. The third-order valence-corrected chi connectivity index (χ3v) is 12.7. The molecule has 0 aliphatic carbocycles. The first-order valence-corrected chi connectivity index (χ1v) is 30.4. The van der Waals surface area contributed by atoms with Crippen molar-refractivity contribution in [2.75, 3.05) is 13.2 Å². The fraction of sp³-hybridized carbons (Fsp3) is 0.687. The molecule has 0 aromatic rings. The molecular formula is C67H112O6. The van der Waals surface area contributed by atoms with E-state index in [-0.39, 0.29) is 44.0 Å². The molecule has 0 spiro atoms. The first-order valence-electron chi connectivity index (χ1n) is 30.4. The Morgan fingerprint density at radius 2 is 0.548 bits per heavy atom. The number of rotatable bonds is 54. The zero-order valence-electron chi connectivity index (χ0n) is 47.6. The Labute approximate surface area is 450 Å². The van der Waals surface area contributed by atoms with Crippen molar-refractivity contribution in [3.8, 4) is 0 Å². The Hall–Kier alpha value is -3.93. The molecule has 0 bridgehead atoms. The van der Waals surface area contributed by atoms with Gasteiger partial charge < -0.3 is 14.2 Å². The molecule has 0 fully saturated rings. The van der Waals surface area contributed by atoms with Gasteiger partial charge in [-0.25, -0.2) is 0 Å². The highest BCUT2D eigenvalue weighted by molar-refractivity contribution is 5.71. The highest BCUT2D eigenvalue weighted by atomic mass is 16.6. The van der Waals surface area contributed by atoms with Gasteiger partial charge in [-0.1, -0.05) is 252 Å². The van der Waals surface area contributed by atoms with Gasteiger partial charge in [-0.2, -0.15) is 0 Å². The number of esters is 3. The van der Waals surface area contributed by atoms with Gasteiger partial charge in [0.25, 0.3) is 0 Å². The van der Waals surface area contributed by atoms with Crippen LogP contribution in [0.25, 0.3) is 0 Å². The van der Waals surface area contributed by atoms with Crippen molar-refractivity contribution in [3.05, 3.63) is 109 Å². The first-order chi connectivity index (χ1) is 36.0. The molecule has 6 nitrogen and oxygen atoms in total. The maximum Gasteiger partial charge on any atom is 0.306 e. The Balaban J connectivity index is 4.50. The molecule has 6 heteroatoms. The second-order valence-corrected chi connectivity index (χ2v) is 19.9. The van der Waals surface area contributed by atoms with Gasteiger partial charge in [-0.15, -0.1) is 0 Å². The Bertz CT molecular complexity index is 1490. The normalized spacial score (nSPS) is 12.9. The van der Waals surface area contributed by atoms with Crippen molar-refractivity contribution in [3.63, 3.8) is 0 Å². The minimum absolute atomic E-state index is 0.117. The number of ether oxygens (including phenoxy) is 3. The van der Waals surface area contributed by atoms with Gasteiger partial charge in [0.2, 0.25) is 0 Å². The molecular weight excluding hydrogens is 901 g/mol. The van der Waals surface area contributed by atoms with Crippen LogP contribution < -0.4 is 0 Å². The molecule has 0 saturated heterocycles. The average molecular weight is 1010 g/mol. The van der Waals surface area contributed by atoms with Crippen molar-refractivity contribution < 1.29 is 28.6 Å². The summed E-state index contributed by atoms with van der Waals surface area (Å²) in [4.78, 5) is 38.2. The van der Waals surface area contributed by atoms with Gasteiger partial charge in [0.1, 0.15) is 13.2 Å². The summed E-state index contributed by atoms with van der Waals surface area (Å²) < 4.78 is 16.8. The number of allylic oxidation sites excluding steroid dienone is 18. The molecule has 0 amide bonds. The maximum absolute atomic E-state index is 12.9. The predicted octanol–water partition coefficient (Wildman–Crippen LogP) is 20.7. The fourth-order valence-electron chi connectivity index (χ4n) is 8.20. The molecule has 0 aliphatic rings. The lowest BCUT2D eigenvalue weighted by molar-refractivity contribution is -0.167. The largest absolute Gasteiger partial charge is 0.462 e. The van der Waals surface area contributed by atoms with E-state index in [0.717, 1.165) is 77.0 Å². The first kappa shape index (κ1) is 69.1. The van der Waals surface area contributed by atoms with Gasteiger partial charge in [0.15, 0.2) is 6.10 Å². The lowest BCUT2D eigenvalue weighted by Crippen LogP contribution is -2.30. The number of carbonyl (C=O) groups excluding carboxylic acids is 3. The van der Waals surface area contributed by atoms with E-state index >= 15 is 0 Å². The van der Waals surface area contributed by atoms with Crippen LogP contribution >= 0.6 is 0 Å². The lowest BCUT2D eigenvalue weighted by Gasteiger charge is -2.18. The molecule has 0 aliphatic heterocycles. The van der Waals surface area contributed by atoms with Gasteiger partial charge in [-0.3, -0.25) is 14.4 Å². The second kappa shape index (κ2) is 60.6. The van der Waals surface area contributed by atoms with E-state index in [4.69, 9.17) is 14.2 Å². The zero-order valence-corrected chi connectivity index (χ0v) is 47.6. The average Bonchev–Trinajstić information content (AvgIpc) is 3.39. The molecule has 0 radical (unpaired) electrons. The minimum atomic E-state index is -0.830. The predicted molar refractivity (Wildman–Crippen MR) is 316 cm³/mol. The van der Waals surface area contributed by atoms with Gasteiger partial charge in [0.05, 0.1) is 0 Å².